The Morgan fingerprint density at radius 2 is 2.00 bits per heavy atom. The third-order valence-electron chi connectivity index (χ3n) is 1.03. The number of carboxylic acid groups (broad SMARTS) is 1. The molecular formula is C6H4FNO2. The van der Waals surface area contributed by atoms with Crippen molar-refractivity contribution < 1.29 is 19.2 Å². The SMILES string of the molecule is O=C([O-])c1cc[n+](F)cc1. The van der Waals surface area contributed by atoms with Crippen molar-refractivity contribution in [2.24, 2.45) is 0 Å². The molecule has 1 rings (SSSR count). The zero-order chi connectivity index (χ0) is 7.56. The molecule has 0 spiro atoms. The highest BCUT2D eigenvalue weighted by Crippen LogP contribution is 1.91. The van der Waals surface area contributed by atoms with Crippen LogP contribution >= 0.6 is 0 Å². The number of carbonyl (C=O) groups excluding carboxylic acids is 1. The van der Waals surface area contributed by atoms with Gasteiger partial charge in [-0.15, -0.1) is 0 Å². The van der Waals surface area contributed by atoms with E-state index < -0.39 is 5.97 Å². The molecule has 52 valence electrons. The molecular weight excluding hydrogens is 137 g/mol. The topological polar surface area (TPSA) is 44.0 Å². The molecule has 0 aliphatic heterocycles. The number of carbonyl (C=O) groups is 1. The van der Waals surface area contributed by atoms with E-state index in [0.717, 1.165) is 24.5 Å². The summed E-state index contributed by atoms with van der Waals surface area (Å²) in [5, 5.41) is 10.1. The Bertz CT molecular complexity index is 244. The van der Waals surface area contributed by atoms with E-state index >= 15 is 0 Å². The number of aromatic carboxylic acids is 1. The Morgan fingerprint density at radius 1 is 1.50 bits per heavy atom. The summed E-state index contributed by atoms with van der Waals surface area (Å²) in [6.07, 6.45) is 1.98. The van der Waals surface area contributed by atoms with Crippen molar-refractivity contribution in [3.05, 3.63) is 30.1 Å². The highest BCUT2D eigenvalue weighted by Gasteiger charge is 1.97. The minimum atomic E-state index is -1.31. The van der Waals surface area contributed by atoms with Crippen LogP contribution in [0.5, 0.6) is 0 Å². The van der Waals surface area contributed by atoms with Gasteiger partial charge in [0.1, 0.15) is 0 Å². The lowest BCUT2D eigenvalue weighted by Gasteiger charge is -1.95. The number of pyridine rings is 1. The smallest absolute Gasteiger partial charge is 0.219 e. The molecule has 0 bridgehead atoms. The molecule has 0 aromatic carbocycles. The third kappa shape index (κ3) is 1.28. The van der Waals surface area contributed by atoms with Crippen LogP contribution in [0.15, 0.2) is 24.5 Å². The summed E-state index contributed by atoms with van der Waals surface area (Å²) in [5.41, 5.74) is -0.0334. The Kier molecular flexibility index (Phi) is 1.62. The fraction of sp³-hybridized carbons (Fsp3) is 0. The highest BCUT2D eigenvalue weighted by atomic mass is 19.2. The molecule has 1 aromatic heterocycles. The van der Waals surface area contributed by atoms with Gasteiger partial charge >= 0.3 is 0 Å². The van der Waals surface area contributed by atoms with E-state index in [1.807, 2.05) is 0 Å². The summed E-state index contributed by atoms with van der Waals surface area (Å²) < 4.78 is 12.1. The van der Waals surface area contributed by atoms with E-state index in [-0.39, 0.29) is 10.4 Å². The summed E-state index contributed by atoms with van der Waals surface area (Å²) in [5.74, 6) is -1.31. The van der Waals surface area contributed by atoms with E-state index in [1.165, 1.54) is 0 Å². The Hall–Kier alpha value is -1.45. The van der Waals surface area contributed by atoms with Crippen molar-refractivity contribution in [3.8, 4) is 0 Å². The van der Waals surface area contributed by atoms with Crippen molar-refractivity contribution in [3.63, 3.8) is 0 Å². The number of hydrogen-bond acceptors (Lipinski definition) is 2. The molecule has 0 saturated carbocycles. The van der Waals surface area contributed by atoms with Gasteiger partial charge in [-0.25, -0.2) is 0 Å². The van der Waals surface area contributed by atoms with Crippen LogP contribution in [0.25, 0.3) is 0 Å². The van der Waals surface area contributed by atoms with E-state index in [0.29, 0.717) is 0 Å². The predicted molar refractivity (Wildman–Crippen MR) is 27.5 cm³/mol. The van der Waals surface area contributed by atoms with Crippen LogP contribution in [-0.2, 0) is 0 Å². The van der Waals surface area contributed by atoms with Gasteiger partial charge in [0.25, 0.3) is 0 Å². The average molecular weight is 141 g/mol. The lowest BCUT2D eigenvalue weighted by Crippen LogP contribution is -2.25. The van der Waals surface area contributed by atoms with E-state index in [2.05, 4.69) is 0 Å². The minimum absolute atomic E-state index is 0.0334. The lowest BCUT2D eigenvalue weighted by atomic mass is 10.3. The fourth-order valence-electron chi connectivity index (χ4n) is 0.544. The van der Waals surface area contributed by atoms with Gasteiger partial charge in [-0.3, -0.25) is 0 Å². The first-order valence-corrected chi connectivity index (χ1v) is 2.59. The molecule has 0 N–H and O–H groups in total. The van der Waals surface area contributed by atoms with Crippen LogP contribution in [0, 0.1) is 0 Å². The normalized spacial score (nSPS) is 9.30. The molecule has 0 saturated heterocycles. The molecule has 0 fully saturated rings. The molecule has 0 aliphatic rings. The van der Waals surface area contributed by atoms with Crippen LogP contribution < -0.4 is 9.90 Å². The zero-order valence-corrected chi connectivity index (χ0v) is 4.95. The largest absolute Gasteiger partial charge is 0.545 e. The van der Waals surface area contributed by atoms with Gasteiger partial charge in [-0.05, 0) is 0 Å². The zero-order valence-electron chi connectivity index (χ0n) is 4.95. The summed E-state index contributed by atoms with van der Waals surface area (Å²) in [6.45, 7) is 0. The molecule has 10 heavy (non-hydrogen) atoms. The fourth-order valence-corrected chi connectivity index (χ4v) is 0.544. The first kappa shape index (κ1) is 6.67. The van der Waals surface area contributed by atoms with Crippen molar-refractivity contribution in [2.45, 2.75) is 0 Å². The Balaban J connectivity index is 3.00. The lowest BCUT2D eigenvalue weighted by molar-refractivity contribution is -0.843. The number of carboxylic acids is 1. The van der Waals surface area contributed by atoms with Gasteiger partial charge < -0.3 is 9.90 Å². The summed E-state index contributed by atoms with van der Waals surface area (Å²) in [7, 11) is 0. The first-order chi connectivity index (χ1) is 4.70. The summed E-state index contributed by atoms with van der Waals surface area (Å²) in [6, 6.07) is 2.24. The molecule has 0 amide bonds. The Labute approximate surface area is 56.3 Å². The van der Waals surface area contributed by atoms with Gasteiger partial charge in [0.15, 0.2) is 0 Å². The van der Waals surface area contributed by atoms with Crippen molar-refractivity contribution in [1.82, 2.24) is 0 Å². The minimum Gasteiger partial charge on any atom is -0.545 e. The molecule has 1 heterocycles. The molecule has 0 radical (unpaired) electrons. The van der Waals surface area contributed by atoms with Gasteiger partial charge in [0, 0.05) is 22.5 Å². The van der Waals surface area contributed by atoms with Gasteiger partial charge in [0.2, 0.25) is 12.4 Å². The van der Waals surface area contributed by atoms with Crippen LogP contribution in [0.1, 0.15) is 10.4 Å². The second-order valence-electron chi connectivity index (χ2n) is 1.72. The molecule has 0 atom stereocenters. The number of nitrogens with zero attached hydrogens (tertiary/aromatic N) is 1. The summed E-state index contributed by atoms with van der Waals surface area (Å²) >= 11 is 0. The quantitative estimate of drug-likeness (QED) is 0.507. The average Bonchev–Trinajstić information content (AvgIpc) is 1.88. The monoisotopic (exact) mass is 141 g/mol. The van der Waals surface area contributed by atoms with Crippen molar-refractivity contribution in [1.29, 1.82) is 0 Å². The molecule has 4 heteroatoms. The second kappa shape index (κ2) is 2.43. The standard InChI is InChI=1S/C6H4FNO2/c7-8-3-1-5(2-4-8)6(9)10/h1-4H. The van der Waals surface area contributed by atoms with E-state index in [4.69, 9.17) is 0 Å². The molecule has 1 aromatic rings. The Morgan fingerprint density at radius 3 is 2.40 bits per heavy atom. The maximum Gasteiger partial charge on any atom is 0.219 e. The highest BCUT2D eigenvalue weighted by molar-refractivity contribution is 5.85. The van der Waals surface area contributed by atoms with Gasteiger partial charge in [-0.2, -0.15) is 0 Å². The van der Waals surface area contributed by atoms with Gasteiger partial charge in [-0.1, -0.05) is 0 Å². The molecule has 0 aliphatic carbocycles. The number of halogens is 1. The van der Waals surface area contributed by atoms with Gasteiger partial charge in [0.05, 0.1) is 10.5 Å². The number of hydrogen-bond donors (Lipinski definition) is 0. The summed E-state index contributed by atoms with van der Waals surface area (Å²) in [4.78, 5) is 10.3. The van der Waals surface area contributed by atoms with E-state index in [1.54, 1.807) is 0 Å². The van der Waals surface area contributed by atoms with Crippen LogP contribution in [0.3, 0.4) is 0 Å². The third-order valence-corrected chi connectivity index (χ3v) is 1.03. The maximum absolute atomic E-state index is 12.1. The predicted octanol–water partition coefficient (Wildman–Crippen LogP) is -0.930. The van der Waals surface area contributed by atoms with Crippen LogP contribution in [0.4, 0.5) is 4.48 Å². The second-order valence-corrected chi connectivity index (χ2v) is 1.72. The van der Waals surface area contributed by atoms with E-state index in [9.17, 15) is 14.4 Å². The molecule has 0 unspecified atom stereocenters. The van der Waals surface area contributed by atoms with Crippen LogP contribution in [0.2, 0.25) is 0 Å². The van der Waals surface area contributed by atoms with Crippen LogP contribution in [-0.4, -0.2) is 5.97 Å². The first-order valence-electron chi connectivity index (χ1n) is 2.59. The van der Waals surface area contributed by atoms with Crippen molar-refractivity contribution in [2.75, 3.05) is 0 Å². The van der Waals surface area contributed by atoms with Crippen molar-refractivity contribution >= 4 is 5.97 Å². The maximum atomic E-state index is 12.1. The number of aromatic nitrogens is 1. The number of rotatable bonds is 1. The molecule has 3 nitrogen and oxygen atoms in total.